The van der Waals surface area contributed by atoms with E-state index in [2.05, 4.69) is 25.2 Å². The zero-order valence-electron chi connectivity index (χ0n) is 12.2. The second-order valence-electron chi connectivity index (χ2n) is 5.62. The van der Waals surface area contributed by atoms with Crippen molar-refractivity contribution in [2.75, 3.05) is 19.0 Å². The molecular weight excluding hydrogens is 238 g/mol. The van der Waals surface area contributed by atoms with Crippen molar-refractivity contribution in [1.29, 1.82) is 0 Å². The zero-order valence-corrected chi connectivity index (χ0v) is 12.2. The summed E-state index contributed by atoms with van der Waals surface area (Å²) in [6, 6.07) is 4.12. The monoisotopic (exact) mass is 263 g/mol. The Balaban J connectivity index is 1.94. The minimum atomic E-state index is -0.0683. The SMILES string of the molecule is COc1ccc(NCC2CCC(O)CC2)c(C)c1C. The first-order chi connectivity index (χ1) is 9.11. The highest BCUT2D eigenvalue weighted by Gasteiger charge is 2.19. The van der Waals surface area contributed by atoms with E-state index in [0.29, 0.717) is 5.92 Å². The highest BCUT2D eigenvalue weighted by molar-refractivity contribution is 5.58. The second-order valence-corrected chi connectivity index (χ2v) is 5.62. The molecule has 0 aromatic heterocycles. The molecule has 0 amide bonds. The van der Waals surface area contributed by atoms with E-state index in [-0.39, 0.29) is 6.10 Å². The van der Waals surface area contributed by atoms with Crippen molar-refractivity contribution in [3.8, 4) is 5.75 Å². The topological polar surface area (TPSA) is 41.5 Å². The molecule has 3 nitrogen and oxygen atoms in total. The lowest BCUT2D eigenvalue weighted by atomic mass is 9.87. The quantitative estimate of drug-likeness (QED) is 0.876. The van der Waals surface area contributed by atoms with Crippen molar-refractivity contribution in [2.24, 2.45) is 5.92 Å². The summed E-state index contributed by atoms with van der Waals surface area (Å²) in [5.41, 5.74) is 3.66. The van der Waals surface area contributed by atoms with E-state index >= 15 is 0 Å². The van der Waals surface area contributed by atoms with Gasteiger partial charge in [-0.15, -0.1) is 0 Å². The van der Waals surface area contributed by atoms with Gasteiger partial charge in [-0.05, 0) is 68.7 Å². The van der Waals surface area contributed by atoms with Crippen LogP contribution in [0, 0.1) is 19.8 Å². The average molecular weight is 263 g/mol. The van der Waals surface area contributed by atoms with Gasteiger partial charge in [-0.25, -0.2) is 0 Å². The van der Waals surface area contributed by atoms with Gasteiger partial charge in [0.05, 0.1) is 13.2 Å². The summed E-state index contributed by atoms with van der Waals surface area (Å²) in [7, 11) is 1.71. The van der Waals surface area contributed by atoms with E-state index in [0.717, 1.165) is 38.0 Å². The Labute approximate surface area is 116 Å². The van der Waals surface area contributed by atoms with E-state index in [1.54, 1.807) is 7.11 Å². The number of hydrogen-bond donors (Lipinski definition) is 2. The summed E-state index contributed by atoms with van der Waals surface area (Å²) in [6.45, 7) is 5.22. The molecule has 0 bridgehead atoms. The molecule has 2 N–H and O–H groups in total. The lowest BCUT2D eigenvalue weighted by Gasteiger charge is -2.26. The van der Waals surface area contributed by atoms with Gasteiger partial charge in [0.25, 0.3) is 0 Å². The standard InChI is InChI=1S/C16H25NO2/c1-11-12(2)16(19-3)9-8-15(11)17-10-13-4-6-14(18)7-5-13/h8-9,13-14,17-18H,4-7,10H2,1-3H3. The molecule has 19 heavy (non-hydrogen) atoms. The average Bonchev–Trinajstić information content (AvgIpc) is 2.42. The first kappa shape index (κ1) is 14.2. The van der Waals surface area contributed by atoms with E-state index in [9.17, 15) is 5.11 Å². The molecule has 1 aromatic carbocycles. The Morgan fingerprint density at radius 2 is 1.84 bits per heavy atom. The number of ether oxygens (including phenoxy) is 1. The van der Waals surface area contributed by atoms with Crippen LogP contribution < -0.4 is 10.1 Å². The first-order valence-electron chi connectivity index (χ1n) is 7.18. The number of benzene rings is 1. The summed E-state index contributed by atoms with van der Waals surface area (Å²) in [5.74, 6) is 1.63. The van der Waals surface area contributed by atoms with Crippen LogP contribution in [0.15, 0.2) is 12.1 Å². The molecule has 0 unspecified atom stereocenters. The highest BCUT2D eigenvalue weighted by Crippen LogP contribution is 2.29. The Kier molecular flexibility index (Phi) is 4.70. The van der Waals surface area contributed by atoms with Crippen LogP contribution in [0.5, 0.6) is 5.75 Å². The predicted molar refractivity (Wildman–Crippen MR) is 78.9 cm³/mol. The fraction of sp³-hybridized carbons (Fsp3) is 0.625. The normalized spacial score (nSPS) is 23.2. The molecule has 1 saturated carbocycles. The first-order valence-corrected chi connectivity index (χ1v) is 7.18. The third kappa shape index (κ3) is 3.41. The van der Waals surface area contributed by atoms with Crippen LogP contribution in [0.1, 0.15) is 36.8 Å². The molecule has 106 valence electrons. The number of nitrogens with one attached hydrogen (secondary N) is 1. The van der Waals surface area contributed by atoms with Crippen LogP contribution in [-0.2, 0) is 0 Å². The van der Waals surface area contributed by atoms with Gasteiger partial charge in [0.15, 0.2) is 0 Å². The molecule has 0 heterocycles. The lowest BCUT2D eigenvalue weighted by molar-refractivity contribution is 0.111. The van der Waals surface area contributed by atoms with Gasteiger partial charge in [0.1, 0.15) is 5.75 Å². The molecule has 0 aliphatic heterocycles. The minimum absolute atomic E-state index is 0.0683. The Hall–Kier alpha value is -1.22. The van der Waals surface area contributed by atoms with Crippen LogP contribution in [-0.4, -0.2) is 24.9 Å². The maximum Gasteiger partial charge on any atom is 0.122 e. The Bertz CT molecular complexity index is 423. The summed E-state index contributed by atoms with van der Waals surface area (Å²) in [6.07, 6.45) is 4.09. The molecule has 1 aromatic rings. The molecule has 3 heteroatoms. The Morgan fingerprint density at radius 1 is 1.16 bits per heavy atom. The van der Waals surface area contributed by atoms with Gasteiger partial charge in [0, 0.05) is 12.2 Å². The van der Waals surface area contributed by atoms with E-state index in [1.165, 1.54) is 16.8 Å². The maximum atomic E-state index is 9.52. The molecule has 0 radical (unpaired) electrons. The number of methoxy groups -OCH3 is 1. The van der Waals surface area contributed by atoms with Crippen LogP contribution in [0.4, 0.5) is 5.69 Å². The van der Waals surface area contributed by atoms with Gasteiger partial charge in [-0.3, -0.25) is 0 Å². The number of aliphatic hydroxyl groups excluding tert-OH is 1. The van der Waals surface area contributed by atoms with Crippen molar-refractivity contribution in [3.05, 3.63) is 23.3 Å². The Morgan fingerprint density at radius 3 is 2.47 bits per heavy atom. The molecule has 0 atom stereocenters. The van der Waals surface area contributed by atoms with Gasteiger partial charge in [0.2, 0.25) is 0 Å². The van der Waals surface area contributed by atoms with E-state index in [1.807, 2.05) is 6.07 Å². The molecule has 1 aliphatic rings. The van der Waals surface area contributed by atoms with Gasteiger partial charge in [-0.2, -0.15) is 0 Å². The molecule has 0 spiro atoms. The second kappa shape index (κ2) is 6.29. The van der Waals surface area contributed by atoms with Crippen LogP contribution >= 0.6 is 0 Å². The van der Waals surface area contributed by atoms with Crippen molar-refractivity contribution in [1.82, 2.24) is 0 Å². The van der Waals surface area contributed by atoms with Gasteiger partial charge >= 0.3 is 0 Å². The fourth-order valence-corrected chi connectivity index (χ4v) is 2.81. The van der Waals surface area contributed by atoms with Gasteiger partial charge in [-0.1, -0.05) is 0 Å². The number of rotatable bonds is 4. The van der Waals surface area contributed by atoms with E-state index < -0.39 is 0 Å². The molecule has 1 aliphatic carbocycles. The summed E-state index contributed by atoms with van der Waals surface area (Å²) in [5, 5.41) is 13.1. The van der Waals surface area contributed by atoms with Crippen molar-refractivity contribution >= 4 is 5.69 Å². The molecule has 0 saturated heterocycles. The predicted octanol–water partition coefficient (Wildman–Crippen LogP) is 3.28. The third-order valence-electron chi connectivity index (χ3n) is 4.35. The summed E-state index contributed by atoms with van der Waals surface area (Å²) < 4.78 is 5.33. The summed E-state index contributed by atoms with van der Waals surface area (Å²) in [4.78, 5) is 0. The number of aliphatic hydroxyl groups is 1. The molecule has 2 rings (SSSR count). The van der Waals surface area contributed by atoms with Gasteiger partial charge < -0.3 is 15.2 Å². The number of hydrogen-bond acceptors (Lipinski definition) is 3. The third-order valence-corrected chi connectivity index (χ3v) is 4.35. The van der Waals surface area contributed by atoms with Crippen LogP contribution in [0.2, 0.25) is 0 Å². The number of anilines is 1. The van der Waals surface area contributed by atoms with Crippen LogP contribution in [0.25, 0.3) is 0 Å². The molecular formula is C16H25NO2. The lowest BCUT2D eigenvalue weighted by Crippen LogP contribution is -2.23. The highest BCUT2D eigenvalue weighted by atomic mass is 16.5. The smallest absolute Gasteiger partial charge is 0.122 e. The largest absolute Gasteiger partial charge is 0.496 e. The minimum Gasteiger partial charge on any atom is -0.496 e. The zero-order chi connectivity index (χ0) is 13.8. The van der Waals surface area contributed by atoms with Crippen molar-refractivity contribution in [2.45, 2.75) is 45.6 Å². The fourth-order valence-electron chi connectivity index (χ4n) is 2.81. The van der Waals surface area contributed by atoms with Crippen LogP contribution in [0.3, 0.4) is 0 Å². The van der Waals surface area contributed by atoms with Crippen molar-refractivity contribution in [3.63, 3.8) is 0 Å². The van der Waals surface area contributed by atoms with E-state index in [4.69, 9.17) is 4.74 Å². The summed E-state index contributed by atoms with van der Waals surface area (Å²) >= 11 is 0. The molecule has 1 fully saturated rings. The van der Waals surface area contributed by atoms with Crippen molar-refractivity contribution < 1.29 is 9.84 Å². The maximum absolute atomic E-state index is 9.52.